The van der Waals surface area contributed by atoms with Crippen molar-refractivity contribution in [2.75, 3.05) is 40.8 Å². The van der Waals surface area contributed by atoms with Gasteiger partial charge in [-0.1, -0.05) is 0 Å². The van der Waals surface area contributed by atoms with Crippen LogP contribution in [0.2, 0.25) is 0 Å². The predicted octanol–water partition coefficient (Wildman–Crippen LogP) is 1.06. The van der Waals surface area contributed by atoms with Crippen LogP contribution in [0.1, 0.15) is 10.4 Å². The first-order chi connectivity index (χ1) is 9.57. The summed E-state index contributed by atoms with van der Waals surface area (Å²) in [6.07, 6.45) is -0.513. The number of nitrogen functional groups attached to an aromatic ring is 1. The van der Waals surface area contributed by atoms with Gasteiger partial charge in [0, 0.05) is 26.4 Å². The highest BCUT2D eigenvalue weighted by Gasteiger charge is 2.17. The van der Waals surface area contributed by atoms with Crippen LogP contribution in [-0.4, -0.2) is 47.3 Å². The van der Waals surface area contributed by atoms with E-state index in [1.165, 1.54) is 40.6 Å². The molecule has 0 aromatic heterocycles. The molecule has 0 aliphatic carbocycles. The van der Waals surface area contributed by atoms with Gasteiger partial charge in [0.05, 0.1) is 25.5 Å². The Morgan fingerprint density at radius 1 is 1.15 bits per heavy atom. The molecule has 7 nitrogen and oxygen atoms in total. The zero-order valence-electron chi connectivity index (χ0n) is 12.0. The Morgan fingerprint density at radius 3 is 2.30 bits per heavy atom. The minimum atomic E-state index is -0.543. The monoisotopic (exact) mass is 285 g/mol. The molecule has 0 radical (unpaired) electrons. The van der Waals surface area contributed by atoms with E-state index in [9.17, 15) is 4.79 Å². The number of anilines is 1. The van der Waals surface area contributed by atoms with Crippen molar-refractivity contribution in [3.05, 3.63) is 17.7 Å². The van der Waals surface area contributed by atoms with Gasteiger partial charge in [-0.05, 0) is 0 Å². The summed E-state index contributed by atoms with van der Waals surface area (Å²) >= 11 is 0. The van der Waals surface area contributed by atoms with E-state index in [1.807, 2.05) is 0 Å². The maximum atomic E-state index is 11.5. The number of hydrogen-bond donors (Lipinski definition) is 1. The lowest BCUT2D eigenvalue weighted by Gasteiger charge is -2.17. The van der Waals surface area contributed by atoms with Crippen LogP contribution in [0.25, 0.3) is 0 Å². The molecule has 0 saturated carbocycles. The Balaban J connectivity index is 2.97. The average molecular weight is 285 g/mol. The van der Waals surface area contributed by atoms with Crippen LogP contribution in [0, 0.1) is 0 Å². The van der Waals surface area contributed by atoms with E-state index < -0.39 is 12.3 Å². The van der Waals surface area contributed by atoms with Gasteiger partial charge in [-0.2, -0.15) is 0 Å². The molecule has 0 atom stereocenters. The van der Waals surface area contributed by atoms with Crippen molar-refractivity contribution < 1.29 is 28.5 Å². The summed E-state index contributed by atoms with van der Waals surface area (Å²) in [5.74, 6) is 0.210. The zero-order valence-corrected chi connectivity index (χ0v) is 12.0. The number of esters is 1. The number of nitrogens with two attached hydrogens (primary N) is 1. The molecule has 0 spiro atoms. The summed E-state index contributed by atoms with van der Waals surface area (Å²) < 4.78 is 25.3. The molecule has 7 heteroatoms. The standard InChI is InChI=1S/C13H19NO6/c1-16-10-5-8(13(15)19-4)9(14)6-11(10)20-7-12(17-2)18-3/h5-6,12H,7,14H2,1-4H3. The van der Waals surface area contributed by atoms with Crippen molar-refractivity contribution in [3.63, 3.8) is 0 Å². The first-order valence-electron chi connectivity index (χ1n) is 5.81. The molecule has 0 saturated heterocycles. The number of carbonyl (C=O) groups is 1. The van der Waals surface area contributed by atoms with Crippen molar-refractivity contribution in [1.82, 2.24) is 0 Å². The molecule has 0 bridgehead atoms. The van der Waals surface area contributed by atoms with E-state index in [1.54, 1.807) is 0 Å². The van der Waals surface area contributed by atoms with E-state index in [2.05, 4.69) is 4.74 Å². The molecule has 1 aromatic carbocycles. The summed E-state index contributed by atoms with van der Waals surface area (Å²) in [5.41, 5.74) is 6.24. The number of methoxy groups -OCH3 is 4. The van der Waals surface area contributed by atoms with Gasteiger partial charge in [0.15, 0.2) is 17.8 Å². The van der Waals surface area contributed by atoms with Crippen molar-refractivity contribution in [2.24, 2.45) is 0 Å². The van der Waals surface area contributed by atoms with E-state index in [-0.39, 0.29) is 17.9 Å². The molecule has 2 N–H and O–H groups in total. The molecule has 0 amide bonds. The minimum absolute atomic E-state index is 0.153. The van der Waals surface area contributed by atoms with Gasteiger partial charge in [0.2, 0.25) is 0 Å². The van der Waals surface area contributed by atoms with E-state index in [4.69, 9.17) is 24.7 Å². The molecule has 0 fully saturated rings. The maximum Gasteiger partial charge on any atom is 0.340 e. The number of rotatable bonds is 7. The number of hydrogen-bond acceptors (Lipinski definition) is 7. The molecular weight excluding hydrogens is 266 g/mol. The lowest BCUT2D eigenvalue weighted by Crippen LogP contribution is -2.22. The van der Waals surface area contributed by atoms with E-state index in [0.29, 0.717) is 11.5 Å². The van der Waals surface area contributed by atoms with Gasteiger partial charge in [-0.3, -0.25) is 0 Å². The third-order valence-corrected chi connectivity index (χ3v) is 2.64. The van der Waals surface area contributed by atoms with Gasteiger partial charge in [0.1, 0.15) is 6.61 Å². The Kier molecular flexibility index (Phi) is 6.08. The van der Waals surface area contributed by atoms with Crippen molar-refractivity contribution in [3.8, 4) is 11.5 Å². The predicted molar refractivity (Wildman–Crippen MR) is 72.0 cm³/mol. The van der Waals surface area contributed by atoms with E-state index >= 15 is 0 Å². The summed E-state index contributed by atoms with van der Waals surface area (Å²) in [6.45, 7) is 0.153. The van der Waals surface area contributed by atoms with Gasteiger partial charge in [-0.15, -0.1) is 0 Å². The molecule has 0 heterocycles. The minimum Gasteiger partial charge on any atom is -0.493 e. The summed E-state index contributed by atoms with van der Waals surface area (Å²) in [5, 5.41) is 0. The number of carbonyl (C=O) groups excluding carboxylic acids is 1. The second-order valence-electron chi connectivity index (χ2n) is 3.79. The SMILES string of the molecule is COC(=O)c1cc(OC)c(OCC(OC)OC)cc1N. The third kappa shape index (κ3) is 3.75. The molecule has 1 aromatic rings. The molecule has 0 aliphatic rings. The van der Waals surface area contributed by atoms with Crippen LogP contribution in [0.4, 0.5) is 5.69 Å². The Hall–Kier alpha value is -1.99. The Bertz CT molecular complexity index is 458. The van der Waals surface area contributed by atoms with Gasteiger partial charge < -0.3 is 29.4 Å². The first-order valence-corrected chi connectivity index (χ1v) is 5.81. The van der Waals surface area contributed by atoms with Gasteiger partial charge in [-0.25, -0.2) is 4.79 Å². The highest BCUT2D eigenvalue weighted by molar-refractivity contribution is 5.96. The van der Waals surface area contributed by atoms with Crippen molar-refractivity contribution in [1.29, 1.82) is 0 Å². The highest BCUT2D eigenvalue weighted by atomic mass is 16.7. The zero-order chi connectivity index (χ0) is 15.1. The average Bonchev–Trinajstić information content (AvgIpc) is 2.47. The fourth-order valence-electron chi connectivity index (χ4n) is 1.52. The van der Waals surface area contributed by atoms with Crippen LogP contribution in [0.15, 0.2) is 12.1 Å². The summed E-state index contributed by atoms with van der Waals surface area (Å²) in [7, 11) is 5.75. The fraction of sp³-hybridized carbons (Fsp3) is 0.462. The van der Waals surface area contributed by atoms with Crippen molar-refractivity contribution in [2.45, 2.75) is 6.29 Å². The molecule has 0 unspecified atom stereocenters. The maximum absolute atomic E-state index is 11.5. The topological polar surface area (TPSA) is 89.2 Å². The highest BCUT2D eigenvalue weighted by Crippen LogP contribution is 2.32. The quantitative estimate of drug-likeness (QED) is 0.455. The Labute approximate surface area is 117 Å². The molecule has 0 aliphatic heterocycles. The second-order valence-corrected chi connectivity index (χ2v) is 3.79. The lowest BCUT2D eigenvalue weighted by molar-refractivity contribution is -0.122. The third-order valence-electron chi connectivity index (χ3n) is 2.64. The van der Waals surface area contributed by atoms with Crippen LogP contribution in [0.3, 0.4) is 0 Å². The Morgan fingerprint density at radius 2 is 1.80 bits per heavy atom. The number of ether oxygens (including phenoxy) is 5. The summed E-state index contributed by atoms with van der Waals surface area (Å²) in [4.78, 5) is 11.5. The smallest absolute Gasteiger partial charge is 0.340 e. The van der Waals surface area contributed by atoms with Crippen LogP contribution in [-0.2, 0) is 14.2 Å². The normalized spacial score (nSPS) is 10.4. The number of benzene rings is 1. The lowest BCUT2D eigenvalue weighted by atomic mass is 10.1. The van der Waals surface area contributed by atoms with Crippen LogP contribution < -0.4 is 15.2 Å². The van der Waals surface area contributed by atoms with Gasteiger partial charge >= 0.3 is 5.97 Å². The van der Waals surface area contributed by atoms with Gasteiger partial charge in [0.25, 0.3) is 0 Å². The first kappa shape index (κ1) is 16.1. The van der Waals surface area contributed by atoms with Crippen LogP contribution >= 0.6 is 0 Å². The molecule has 1 rings (SSSR count). The molecule has 112 valence electrons. The molecule has 20 heavy (non-hydrogen) atoms. The largest absolute Gasteiger partial charge is 0.493 e. The molecular formula is C13H19NO6. The van der Waals surface area contributed by atoms with Crippen LogP contribution in [0.5, 0.6) is 11.5 Å². The second kappa shape index (κ2) is 7.56. The fourth-order valence-corrected chi connectivity index (χ4v) is 1.52. The summed E-state index contributed by atoms with van der Waals surface area (Å²) in [6, 6.07) is 2.96. The van der Waals surface area contributed by atoms with Crippen molar-refractivity contribution >= 4 is 11.7 Å². The van der Waals surface area contributed by atoms with E-state index in [0.717, 1.165) is 0 Å².